The third kappa shape index (κ3) is 11.6. The highest BCUT2D eigenvalue weighted by Crippen LogP contribution is 2.27. The zero-order valence-corrected chi connectivity index (χ0v) is 23.7. The lowest BCUT2D eigenvalue weighted by atomic mass is 9.99. The molecule has 4 amide bonds. The van der Waals surface area contributed by atoms with Gasteiger partial charge in [-0.15, -0.1) is 0 Å². The summed E-state index contributed by atoms with van der Waals surface area (Å²) in [6, 6.07) is 1.88. The molecule has 5 N–H and O–H groups in total. The van der Waals surface area contributed by atoms with Crippen LogP contribution in [-0.4, -0.2) is 71.1 Å². The van der Waals surface area contributed by atoms with E-state index in [1.807, 2.05) is 6.92 Å². The monoisotopic (exact) mass is 550 g/mol. The summed E-state index contributed by atoms with van der Waals surface area (Å²) in [5.74, 6) is -2.63. The van der Waals surface area contributed by atoms with Gasteiger partial charge in [0.05, 0.1) is 19.4 Å². The maximum atomic E-state index is 13.9. The molecule has 0 spiro atoms. The Morgan fingerprint density at radius 1 is 1.13 bits per heavy atom. The third-order valence-electron chi connectivity index (χ3n) is 5.46. The van der Waals surface area contributed by atoms with Gasteiger partial charge in [-0.05, 0) is 64.3 Å². The van der Waals surface area contributed by atoms with Gasteiger partial charge in [0.1, 0.15) is 23.4 Å². The maximum Gasteiger partial charge on any atom is 0.408 e. The highest BCUT2D eigenvalue weighted by atomic mass is 16.6. The zero-order chi connectivity index (χ0) is 29.8. The van der Waals surface area contributed by atoms with E-state index >= 15 is 0 Å². The van der Waals surface area contributed by atoms with Crippen molar-refractivity contribution in [2.45, 2.75) is 84.9 Å². The third-order valence-corrected chi connectivity index (χ3v) is 5.46. The summed E-state index contributed by atoms with van der Waals surface area (Å²) in [6.45, 7) is 10.4. The summed E-state index contributed by atoms with van der Waals surface area (Å²) in [5.41, 5.74) is 5.38. The van der Waals surface area contributed by atoms with E-state index in [-0.39, 0.29) is 31.9 Å². The molecule has 1 rings (SSSR count). The van der Waals surface area contributed by atoms with Crippen LogP contribution in [0.1, 0.15) is 77.5 Å². The largest absolute Gasteiger partial charge is 0.508 e. The van der Waals surface area contributed by atoms with E-state index in [2.05, 4.69) is 10.6 Å². The second-order valence-corrected chi connectivity index (χ2v) is 10.0. The number of primary amides is 1. The zero-order valence-electron chi connectivity index (χ0n) is 23.7. The highest BCUT2D eigenvalue weighted by molar-refractivity contribution is 5.94. The Bertz CT molecular complexity index is 1020. The Hall–Kier alpha value is -3.83. The van der Waals surface area contributed by atoms with Crippen LogP contribution in [0.2, 0.25) is 0 Å². The number of nitrogens with zero attached hydrogens (tertiary/aromatic N) is 1. The number of carbonyl (C=O) groups is 5. The summed E-state index contributed by atoms with van der Waals surface area (Å²) in [6.07, 6.45) is -0.338. The van der Waals surface area contributed by atoms with Gasteiger partial charge in [-0.1, -0.05) is 19.4 Å². The Labute approximate surface area is 229 Å². The van der Waals surface area contributed by atoms with Crippen LogP contribution < -0.4 is 16.4 Å². The van der Waals surface area contributed by atoms with Crippen LogP contribution in [0, 0.1) is 6.92 Å². The summed E-state index contributed by atoms with van der Waals surface area (Å²) in [5, 5.41) is 15.1. The molecule has 1 aromatic rings. The molecule has 0 radical (unpaired) electrons. The summed E-state index contributed by atoms with van der Waals surface area (Å²) >= 11 is 0. The SMILES string of the molecule is CCCCN(C(=O)C(CC(N)=O)NC(=O)OC(C)(C)C)C(C(=O)NCCC(=O)OCC)c1ccc(O)c(C)c1. The Balaban J connectivity index is 3.46. The molecule has 0 heterocycles. The van der Waals surface area contributed by atoms with Gasteiger partial charge in [-0.2, -0.15) is 0 Å². The van der Waals surface area contributed by atoms with Gasteiger partial charge in [0, 0.05) is 13.1 Å². The quantitative estimate of drug-likeness (QED) is 0.255. The van der Waals surface area contributed by atoms with Crippen molar-refractivity contribution in [3.05, 3.63) is 29.3 Å². The van der Waals surface area contributed by atoms with E-state index in [4.69, 9.17) is 15.2 Å². The lowest BCUT2D eigenvalue weighted by Crippen LogP contribution is -2.54. The van der Waals surface area contributed by atoms with Gasteiger partial charge in [0.2, 0.25) is 17.7 Å². The number of rotatable bonds is 14. The van der Waals surface area contributed by atoms with Gasteiger partial charge in [-0.3, -0.25) is 19.2 Å². The molecule has 39 heavy (non-hydrogen) atoms. The number of amides is 4. The number of ether oxygens (including phenoxy) is 2. The standard InChI is InChI=1S/C27H42N4O8/c1-7-9-14-31(25(36)19(16-21(28)33)30-26(37)39-27(4,5)6)23(18-10-11-20(32)17(3)15-18)24(35)29-13-12-22(34)38-8-2/h10-11,15,19,23,32H,7-9,12-14,16H2,1-6H3,(H2,28,33)(H,29,35)(H,30,37). The minimum absolute atomic E-state index is 0.00449. The van der Waals surface area contributed by atoms with E-state index in [9.17, 15) is 29.1 Å². The fourth-order valence-corrected chi connectivity index (χ4v) is 3.69. The lowest BCUT2D eigenvalue weighted by molar-refractivity contribution is -0.144. The van der Waals surface area contributed by atoms with E-state index < -0.39 is 53.9 Å². The Morgan fingerprint density at radius 2 is 1.79 bits per heavy atom. The molecular formula is C27H42N4O8. The molecular weight excluding hydrogens is 508 g/mol. The molecule has 12 nitrogen and oxygen atoms in total. The van der Waals surface area contributed by atoms with Crippen LogP contribution in [0.5, 0.6) is 5.75 Å². The van der Waals surface area contributed by atoms with Crippen molar-refractivity contribution in [3.8, 4) is 5.75 Å². The van der Waals surface area contributed by atoms with E-state index in [1.54, 1.807) is 40.7 Å². The second kappa shape index (κ2) is 15.6. The number of alkyl carbamates (subject to hydrolysis) is 1. The first-order valence-electron chi connectivity index (χ1n) is 13.0. The van der Waals surface area contributed by atoms with Crippen LogP contribution >= 0.6 is 0 Å². The number of nitrogens with two attached hydrogens (primary N) is 1. The van der Waals surface area contributed by atoms with E-state index in [0.717, 1.165) is 0 Å². The van der Waals surface area contributed by atoms with Gasteiger partial charge in [-0.25, -0.2) is 4.79 Å². The molecule has 0 fully saturated rings. The Morgan fingerprint density at radius 3 is 2.33 bits per heavy atom. The number of hydrogen-bond acceptors (Lipinski definition) is 8. The maximum absolute atomic E-state index is 13.9. The smallest absolute Gasteiger partial charge is 0.408 e. The van der Waals surface area contributed by atoms with Crippen molar-refractivity contribution in [2.24, 2.45) is 5.73 Å². The molecule has 0 saturated carbocycles. The fourth-order valence-electron chi connectivity index (χ4n) is 3.69. The van der Waals surface area contributed by atoms with E-state index in [0.29, 0.717) is 24.0 Å². The number of unbranched alkanes of at least 4 members (excludes halogenated alkanes) is 1. The molecule has 12 heteroatoms. The molecule has 0 bridgehead atoms. The molecule has 0 aromatic heterocycles. The average molecular weight is 551 g/mol. The lowest BCUT2D eigenvalue weighted by Gasteiger charge is -2.34. The normalized spacial score (nSPS) is 12.6. The predicted molar refractivity (Wildman–Crippen MR) is 143 cm³/mol. The number of carbonyl (C=O) groups excluding carboxylic acids is 5. The van der Waals surface area contributed by atoms with Crippen LogP contribution in [0.15, 0.2) is 18.2 Å². The highest BCUT2D eigenvalue weighted by Gasteiger charge is 2.37. The Kier molecular flexibility index (Phi) is 13.2. The topological polar surface area (TPSA) is 177 Å². The first-order chi connectivity index (χ1) is 18.2. The van der Waals surface area contributed by atoms with E-state index in [1.165, 1.54) is 17.0 Å². The molecule has 218 valence electrons. The number of nitrogens with one attached hydrogen (secondary N) is 2. The summed E-state index contributed by atoms with van der Waals surface area (Å²) in [4.78, 5) is 64.8. The average Bonchev–Trinajstić information content (AvgIpc) is 2.81. The summed E-state index contributed by atoms with van der Waals surface area (Å²) in [7, 11) is 0. The van der Waals surface area contributed by atoms with Crippen molar-refractivity contribution < 1.29 is 38.6 Å². The molecule has 0 aliphatic heterocycles. The minimum Gasteiger partial charge on any atom is -0.508 e. The molecule has 0 saturated heterocycles. The first-order valence-corrected chi connectivity index (χ1v) is 13.0. The van der Waals surface area contributed by atoms with Crippen LogP contribution in [0.4, 0.5) is 4.79 Å². The van der Waals surface area contributed by atoms with Crippen molar-refractivity contribution in [1.82, 2.24) is 15.5 Å². The van der Waals surface area contributed by atoms with Gasteiger partial charge >= 0.3 is 12.1 Å². The van der Waals surface area contributed by atoms with Crippen LogP contribution in [0.25, 0.3) is 0 Å². The molecule has 1 aromatic carbocycles. The van der Waals surface area contributed by atoms with Gasteiger partial charge in [0.25, 0.3) is 0 Å². The van der Waals surface area contributed by atoms with Crippen LogP contribution in [0.3, 0.4) is 0 Å². The molecule has 0 aliphatic carbocycles. The summed E-state index contributed by atoms with van der Waals surface area (Å²) < 4.78 is 10.2. The number of esters is 1. The predicted octanol–water partition coefficient (Wildman–Crippen LogP) is 2.21. The first kappa shape index (κ1) is 33.2. The molecule has 2 unspecified atom stereocenters. The minimum atomic E-state index is -1.40. The number of benzene rings is 1. The molecule has 0 aliphatic rings. The number of hydrogen-bond donors (Lipinski definition) is 4. The van der Waals surface area contributed by atoms with Crippen molar-refractivity contribution in [1.29, 1.82) is 0 Å². The fraction of sp³-hybridized carbons (Fsp3) is 0.593. The van der Waals surface area contributed by atoms with Crippen LogP contribution in [-0.2, 0) is 28.7 Å². The van der Waals surface area contributed by atoms with Gasteiger partial charge in [0.15, 0.2) is 0 Å². The van der Waals surface area contributed by atoms with Crippen molar-refractivity contribution in [2.75, 3.05) is 19.7 Å². The number of phenolic OH excluding ortho intramolecular Hbond substituents is 1. The number of aryl methyl sites for hydroxylation is 1. The van der Waals surface area contributed by atoms with Crippen molar-refractivity contribution in [3.63, 3.8) is 0 Å². The molecule has 2 atom stereocenters. The number of phenols is 1. The van der Waals surface area contributed by atoms with Gasteiger partial charge < -0.3 is 35.8 Å². The number of aromatic hydroxyl groups is 1. The second-order valence-electron chi connectivity index (χ2n) is 10.0. The van der Waals surface area contributed by atoms with Crippen molar-refractivity contribution >= 4 is 29.8 Å².